The van der Waals surface area contributed by atoms with Crippen molar-refractivity contribution in [3.8, 4) is 11.3 Å². The summed E-state index contributed by atoms with van der Waals surface area (Å²) in [5, 5.41) is 6.56. The van der Waals surface area contributed by atoms with Crippen LogP contribution < -0.4 is 5.73 Å². The smallest absolute Gasteiger partial charge is 0.186 e. The first-order chi connectivity index (χ1) is 9.47. The molecule has 0 aliphatic carbocycles. The Morgan fingerprint density at radius 1 is 1.30 bits per heavy atom. The summed E-state index contributed by atoms with van der Waals surface area (Å²) >= 11 is 16.6. The van der Waals surface area contributed by atoms with E-state index < -0.39 is 0 Å². The summed E-state index contributed by atoms with van der Waals surface area (Å²) < 4.78 is 5.63. The first kappa shape index (κ1) is 14.8. The highest BCUT2D eigenvalue weighted by Gasteiger charge is 2.06. The zero-order chi connectivity index (χ0) is 14.7. The number of furan rings is 1. The summed E-state index contributed by atoms with van der Waals surface area (Å²) in [7, 11) is 1.65. The fourth-order valence-corrected chi connectivity index (χ4v) is 1.77. The standard InChI is InChI=1S/C13H11Cl2N3OS/c1-18(13(16)20)17-7-9-3-5-12(19-9)8-2-4-10(14)11(15)6-8/h2-7H,1H3,(H2,16,20). The lowest BCUT2D eigenvalue weighted by Gasteiger charge is -2.07. The third kappa shape index (κ3) is 3.50. The van der Waals surface area contributed by atoms with Gasteiger partial charge >= 0.3 is 0 Å². The van der Waals surface area contributed by atoms with Gasteiger partial charge in [0.2, 0.25) is 0 Å². The highest BCUT2D eigenvalue weighted by Crippen LogP contribution is 2.29. The minimum absolute atomic E-state index is 0.178. The van der Waals surface area contributed by atoms with Crippen LogP contribution in [0.2, 0.25) is 10.0 Å². The van der Waals surface area contributed by atoms with Crippen molar-refractivity contribution in [2.24, 2.45) is 10.8 Å². The van der Waals surface area contributed by atoms with Gasteiger partial charge in [-0.25, -0.2) is 5.01 Å². The van der Waals surface area contributed by atoms with Crippen LogP contribution in [-0.2, 0) is 0 Å². The van der Waals surface area contributed by atoms with E-state index >= 15 is 0 Å². The molecule has 104 valence electrons. The molecule has 0 fully saturated rings. The predicted molar refractivity (Wildman–Crippen MR) is 86.3 cm³/mol. The molecular weight excluding hydrogens is 317 g/mol. The number of nitrogens with zero attached hydrogens (tertiary/aromatic N) is 2. The third-order valence-corrected chi connectivity index (χ3v) is 3.51. The molecule has 20 heavy (non-hydrogen) atoms. The van der Waals surface area contributed by atoms with E-state index in [0.29, 0.717) is 21.6 Å². The number of hydrogen-bond donors (Lipinski definition) is 1. The van der Waals surface area contributed by atoms with Crippen LogP contribution in [0.25, 0.3) is 11.3 Å². The molecule has 1 heterocycles. The van der Waals surface area contributed by atoms with E-state index in [4.69, 9.17) is 45.6 Å². The molecule has 7 heteroatoms. The molecule has 0 bridgehead atoms. The molecule has 0 spiro atoms. The van der Waals surface area contributed by atoms with Crippen molar-refractivity contribution in [3.63, 3.8) is 0 Å². The number of hydrazone groups is 1. The van der Waals surface area contributed by atoms with Crippen LogP contribution in [0.5, 0.6) is 0 Å². The van der Waals surface area contributed by atoms with Crippen molar-refractivity contribution in [3.05, 3.63) is 46.1 Å². The largest absolute Gasteiger partial charge is 0.455 e. The van der Waals surface area contributed by atoms with Gasteiger partial charge in [0, 0.05) is 12.6 Å². The highest BCUT2D eigenvalue weighted by molar-refractivity contribution is 7.80. The van der Waals surface area contributed by atoms with Crippen LogP contribution in [0.1, 0.15) is 5.76 Å². The second kappa shape index (κ2) is 6.26. The van der Waals surface area contributed by atoms with Gasteiger partial charge < -0.3 is 10.2 Å². The second-order valence-corrected chi connectivity index (χ2v) is 5.17. The van der Waals surface area contributed by atoms with Gasteiger partial charge in [0.25, 0.3) is 0 Å². The van der Waals surface area contributed by atoms with Gasteiger partial charge in [-0.2, -0.15) is 5.10 Å². The minimum atomic E-state index is 0.178. The van der Waals surface area contributed by atoms with Gasteiger partial charge in [0.05, 0.1) is 16.3 Å². The lowest BCUT2D eigenvalue weighted by Crippen LogP contribution is -2.26. The molecule has 0 aliphatic rings. The molecule has 0 aliphatic heterocycles. The maximum absolute atomic E-state index is 5.97. The fraction of sp³-hybridized carbons (Fsp3) is 0.0769. The molecule has 0 saturated heterocycles. The van der Waals surface area contributed by atoms with Crippen molar-refractivity contribution in [1.29, 1.82) is 0 Å². The maximum Gasteiger partial charge on any atom is 0.186 e. The number of halogens is 2. The van der Waals surface area contributed by atoms with Crippen molar-refractivity contribution >= 4 is 46.7 Å². The molecule has 4 nitrogen and oxygen atoms in total. The van der Waals surface area contributed by atoms with Crippen molar-refractivity contribution in [2.75, 3.05) is 7.05 Å². The monoisotopic (exact) mass is 327 g/mol. The summed E-state index contributed by atoms with van der Waals surface area (Å²) in [6.45, 7) is 0. The van der Waals surface area contributed by atoms with Crippen molar-refractivity contribution in [1.82, 2.24) is 5.01 Å². The Labute approximate surface area is 131 Å². The van der Waals surface area contributed by atoms with Crippen LogP contribution in [0.3, 0.4) is 0 Å². The van der Waals surface area contributed by atoms with Gasteiger partial charge in [-0.1, -0.05) is 23.2 Å². The van der Waals surface area contributed by atoms with Crippen molar-refractivity contribution < 1.29 is 4.42 Å². The van der Waals surface area contributed by atoms with E-state index in [9.17, 15) is 0 Å². The van der Waals surface area contributed by atoms with Crippen molar-refractivity contribution in [2.45, 2.75) is 0 Å². The average Bonchev–Trinajstić information content (AvgIpc) is 2.87. The van der Waals surface area contributed by atoms with Crippen LogP contribution in [-0.4, -0.2) is 23.4 Å². The van der Waals surface area contributed by atoms with E-state index in [-0.39, 0.29) is 5.11 Å². The second-order valence-electron chi connectivity index (χ2n) is 3.94. The Morgan fingerprint density at radius 3 is 2.70 bits per heavy atom. The lowest BCUT2D eigenvalue weighted by molar-refractivity contribution is 0.540. The number of thiocarbonyl (C=S) groups is 1. The molecular formula is C13H11Cl2N3OS. The predicted octanol–water partition coefficient (Wildman–Crippen LogP) is 3.76. The summed E-state index contributed by atoms with van der Waals surface area (Å²) in [4.78, 5) is 0. The van der Waals surface area contributed by atoms with E-state index in [2.05, 4.69) is 5.10 Å². The molecule has 1 aromatic heterocycles. The fourth-order valence-electron chi connectivity index (χ4n) is 1.43. The lowest BCUT2D eigenvalue weighted by atomic mass is 10.2. The number of benzene rings is 1. The first-order valence-corrected chi connectivity index (χ1v) is 6.76. The molecule has 0 atom stereocenters. The van der Waals surface area contributed by atoms with E-state index in [0.717, 1.165) is 5.56 Å². The van der Waals surface area contributed by atoms with E-state index in [1.54, 1.807) is 25.2 Å². The van der Waals surface area contributed by atoms with Gasteiger partial charge in [-0.15, -0.1) is 0 Å². The van der Waals surface area contributed by atoms with Gasteiger partial charge in [-0.05, 0) is 42.5 Å². The van der Waals surface area contributed by atoms with E-state index in [1.807, 2.05) is 12.1 Å². The Hall–Kier alpha value is -1.56. The normalized spacial score (nSPS) is 10.9. The zero-order valence-corrected chi connectivity index (χ0v) is 12.8. The summed E-state index contributed by atoms with van der Waals surface area (Å²) in [6, 6.07) is 8.90. The third-order valence-electron chi connectivity index (χ3n) is 2.51. The van der Waals surface area contributed by atoms with Gasteiger partial charge in [0.15, 0.2) is 5.11 Å². The Morgan fingerprint density at radius 2 is 2.05 bits per heavy atom. The van der Waals surface area contributed by atoms with Gasteiger partial charge in [0.1, 0.15) is 11.5 Å². The molecule has 0 saturated carbocycles. The van der Waals surface area contributed by atoms with Crippen LogP contribution >= 0.6 is 35.4 Å². The van der Waals surface area contributed by atoms with Crippen LogP contribution in [0.15, 0.2) is 39.9 Å². The number of nitrogens with two attached hydrogens (primary N) is 1. The Bertz CT molecular complexity index is 669. The van der Waals surface area contributed by atoms with Gasteiger partial charge in [-0.3, -0.25) is 0 Å². The Kier molecular flexibility index (Phi) is 4.65. The molecule has 0 amide bonds. The minimum Gasteiger partial charge on any atom is -0.455 e. The SMILES string of the molecule is CN(N=Cc1ccc(-c2ccc(Cl)c(Cl)c2)o1)C(N)=S. The molecule has 0 unspecified atom stereocenters. The molecule has 1 aromatic carbocycles. The van der Waals surface area contributed by atoms with Crippen LogP contribution in [0.4, 0.5) is 0 Å². The maximum atomic E-state index is 5.97. The number of hydrogen-bond acceptors (Lipinski definition) is 3. The summed E-state index contributed by atoms with van der Waals surface area (Å²) in [6.07, 6.45) is 1.53. The summed E-state index contributed by atoms with van der Waals surface area (Å²) in [5.74, 6) is 1.25. The first-order valence-electron chi connectivity index (χ1n) is 5.60. The molecule has 2 N–H and O–H groups in total. The molecule has 2 aromatic rings. The Balaban J connectivity index is 2.20. The topological polar surface area (TPSA) is 54.8 Å². The van der Waals surface area contributed by atoms with Crippen LogP contribution in [0, 0.1) is 0 Å². The van der Waals surface area contributed by atoms with E-state index in [1.165, 1.54) is 11.2 Å². The number of rotatable bonds is 3. The molecule has 2 rings (SSSR count). The highest BCUT2D eigenvalue weighted by atomic mass is 35.5. The summed E-state index contributed by atoms with van der Waals surface area (Å²) in [5.41, 5.74) is 6.25. The quantitative estimate of drug-likeness (QED) is 0.529. The zero-order valence-electron chi connectivity index (χ0n) is 10.5. The molecule has 0 radical (unpaired) electrons. The average molecular weight is 328 g/mol.